The summed E-state index contributed by atoms with van der Waals surface area (Å²) in [5, 5.41) is 0. The minimum atomic E-state index is 0.557. The van der Waals surface area contributed by atoms with Crippen LogP contribution in [-0.4, -0.2) is 4.32 Å². The lowest BCUT2D eigenvalue weighted by Crippen LogP contribution is -2.54. The standard InChI is InChI=1S/C13H21Br/c1-9(2)12-4-10-3-11(5-12)7-13(14,6-10)8-12/h9-11H,3-8H2,1-2H3. The van der Waals surface area contributed by atoms with Crippen molar-refractivity contribution in [2.75, 3.05) is 0 Å². The molecule has 0 nitrogen and oxygen atoms in total. The molecule has 0 aliphatic heterocycles. The minimum Gasteiger partial charge on any atom is -0.0853 e. The second-order valence-electron chi connectivity index (χ2n) is 6.63. The van der Waals surface area contributed by atoms with Crippen LogP contribution < -0.4 is 0 Å². The first-order chi connectivity index (χ1) is 6.51. The van der Waals surface area contributed by atoms with Crippen LogP contribution in [0.5, 0.6) is 0 Å². The molecule has 0 N–H and O–H groups in total. The third-order valence-electron chi connectivity index (χ3n) is 5.26. The van der Waals surface area contributed by atoms with Gasteiger partial charge in [-0.3, -0.25) is 0 Å². The number of rotatable bonds is 1. The zero-order chi connectivity index (χ0) is 9.97. The van der Waals surface area contributed by atoms with E-state index in [-0.39, 0.29) is 0 Å². The van der Waals surface area contributed by atoms with Gasteiger partial charge in [0, 0.05) is 4.32 Å². The normalized spacial score (nSPS) is 55.7. The molecule has 0 saturated heterocycles. The topological polar surface area (TPSA) is 0 Å². The molecule has 4 fully saturated rings. The van der Waals surface area contributed by atoms with Gasteiger partial charge in [0.1, 0.15) is 0 Å². The van der Waals surface area contributed by atoms with Gasteiger partial charge in [0.15, 0.2) is 0 Å². The van der Waals surface area contributed by atoms with Gasteiger partial charge in [0.2, 0.25) is 0 Å². The summed E-state index contributed by atoms with van der Waals surface area (Å²) in [7, 11) is 0. The Kier molecular flexibility index (Phi) is 1.92. The summed E-state index contributed by atoms with van der Waals surface area (Å²) in [5.74, 6) is 3.00. The number of hydrogen-bond acceptors (Lipinski definition) is 0. The van der Waals surface area contributed by atoms with Crippen LogP contribution in [0.4, 0.5) is 0 Å². The summed E-state index contributed by atoms with van der Waals surface area (Å²) in [6, 6.07) is 0. The number of hydrogen-bond donors (Lipinski definition) is 0. The third kappa shape index (κ3) is 1.24. The smallest absolute Gasteiger partial charge is 0.0268 e. The van der Waals surface area contributed by atoms with E-state index in [0.29, 0.717) is 9.74 Å². The van der Waals surface area contributed by atoms with E-state index >= 15 is 0 Å². The van der Waals surface area contributed by atoms with E-state index in [1.807, 2.05) is 0 Å². The van der Waals surface area contributed by atoms with Crippen molar-refractivity contribution in [2.24, 2.45) is 23.2 Å². The second-order valence-corrected chi connectivity index (χ2v) is 8.31. The molecule has 0 radical (unpaired) electrons. The van der Waals surface area contributed by atoms with E-state index in [2.05, 4.69) is 29.8 Å². The zero-order valence-corrected chi connectivity index (χ0v) is 10.9. The molecule has 4 rings (SSSR count). The van der Waals surface area contributed by atoms with Crippen molar-refractivity contribution in [1.82, 2.24) is 0 Å². The van der Waals surface area contributed by atoms with Crippen molar-refractivity contribution in [3.8, 4) is 0 Å². The van der Waals surface area contributed by atoms with Crippen molar-refractivity contribution >= 4 is 15.9 Å². The summed E-state index contributed by atoms with van der Waals surface area (Å²) < 4.78 is 0.557. The van der Waals surface area contributed by atoms with E-state index in [4.69, 9.17) is 0 Å². The van der Waals surface area contributed by atoms with Crippen LogP contribution >= 0.6 is 15.9 Å². The number of alkyl halides is 1. The van der Waals surface area contributed by atoms with Gasteiger partial charge in [-0.05, 0) is 61.7 Å². The maximum atomic E-state index is 4.06. The maximum Gasteiger partial charge on any atom is 0.0268 e. The molecule has 2 atom stereocenters. The molecule has 0 spiro atoms. The highest BCUT2D eigenvalue weighted by Gasteiger charge is 2.57. The van der Waals surface area contributed by atoms with Crippen LogP contribution in [0.2, 0.25) is 0 Å². The second kappa shape index (κ2) is 2.78. The molecule has 4 saturated carbocycles. The van der Waals surface area contributed by atoms with E-state index in [0.717, 1.165) is 17.8 Å². The van der Waals surface area contributed by atoms with E-state index in [1.54, 1.807) is 6.42 Å². The lowest BCUT2D eigenvalue weighted by molar-refractivity contribution is -0.0631. The Bertz CT molecular complexity index is 242. The van der Waals surface area contributed by atoms with Crippen LogP contribution in [0.25, 0.3) is 0 Å². The van der Waals surface area contributed by atoms with Crippen molar-refractivity contribution in [2.45, 2.75) is 56.7 Å². The monoisotopic (exact) mass is 256 g/mol. The highest BCUT2D eigenvalue weighted by molar-refractivity contribution is 9.10. The predicted molar refractivity (Wildman–Crippen MR) is 63.6 cm³/mol. The first-order valence-corrected chi connectivity index (χ1v) is 7.00. The molecular weight excluding hydrogens is 236 g/mol. The van der Waals surface area contributed by atoms with Gasteiger partial charge in [0.25, 0.3) is 0 Å². The molecule has 4 aliphatic carbocycles. The SMILES string of the molecule is CC(C)C12CC3CC(CC(Br)(C3)C1)C2. The molecule has 14 heavy (non-hydrogen) atoms. The molecule has 1 heteroatoms. The minimum absolute atomic E-state index is 0.557. The molecule has 0 heterocycles. The van der Waals surface area contributed by atoms with Crippen LogP contribution in [0.3, 0.4) is 0 Å². The van der Waals surface area contributed by atoms with Crippen LogP contribution in [0.1, 0.15) is 52.4 Å². The Labute approximate surface area is 96.0 Å². The Morgan fingerprint density at radius 2 is 1.64 bits per heavy atom. The van der Waals surface area contributed by atoms with E-state index < -0.39 is 0 Å². The molecule has 0 aromatic carbocycles. The molecule has 0 amide bonds. The molecular formula is C13H21Br. The first kappa shape index (κ1) is 9.69. The predicted octanol–water partition coefficient (Wildman–Crippen LogP) is 4.38. The molecule has 0 aromatic heterocycles. The lowest BCUT2D eigenvalue weighted by Gasteiger charge is -2.62. The largest absolute Gasteiger partial charge is 0.0853 e. The molecule has 4 bridgehead atoms. The zero-order valence-electron chi connectivity index (χ0n) is 9.35. The molecule has 2 unspecified atom stereocenters. The van der Waals surface area contributed by atoms with Crippen LogP contribution in [0.15, 0.2) is 0 Å². The lowest BCUT2D eigenvalue weighted by atomic mass is 9.47. The Hall–Kier alpha value is 0.480. The van der Waals surface area contributed by atoms with Gasteiger partial charge in [-0.2, -0.15) is 0 Å². The van der Waals surface area contributed by atoms with Gasteiger partial charge in [0.05, 0.1) is 0 Å². The fraction of sp³-hybridized carbons (Fsp3) is 1.00. The summed E-state index contributed by atoms with van der Waals surface area (Å²) in [5.41, 5.74) is 0.716. The Balaban J connectivity index is 1.96. The average Bonchev–Trinajstić information content (AvgIpc) is 1.98. The quantitative estimate of drug-likeness (QED) is 0.612. The van der Waals surface area contributed by atoms with E-state index in [9.17, 15) is 0 Å². The molecule has 80 valence electrons. The highest BCUT2D eigenvalue weighted by atomic mass is 79.9. The van der Waals surface area contributed by atoms with Gasteiger partial charge in [-0.1, -0.05) is 29.8 Å². The van der Waals surface area contributed by atoms with Gasteiger partial charge >= 0.3 is 0 Å². The van der Waals surface area contributed by atoms with Gasteiger partial charge in [-0.15, -0.1) is 0 Å². The summed E-state index contributed by atoms with van der Waals surface area (Å²) in [6.45, 7) is 4.90. The summed E-state index contributed by atoms with van der Waals surface area (Å²) in [4.78, 5) is 0. The van der Waals surface area contributed by atoms with Crippen LogP contribution in [0, 0.1) is 23.2 Å². The van der Waals surface area contributed by atoms with Crippen molar-refractivity contribution in [1.29, 1.82) is 0 Å². The van der Waals surface area contributed by atoms with Crippen LogP contribution in [-0.2, 0) is 0 Å². The van der Waals surface area contributed by atoms with E-state index in [1.165, 1.54) is 32.1 Å². The molecule has 0 aromatic rings. The number of halogens is 1. The van der Waals surface area contributed by atoms with Crippen molar-refractivity contribution < 1.29 is 0 Å². The third-order valence-corrected chi connectivity index (χ3v) is 6.19. The van der Waals surface area contributed by atoms with Gasteiger partial charge in [-0.25, -0.2) is 0 Å². The Morgan fingerprint density at radius 3 is 2.07 bits per heavy atom. The fourth-order valence-corrected chi connectivity index (χ4v) is 6.37. The fourth-order valence-electron chi connectivity index (χ4n) is 4.90. The maximum absolute atomic E-state index is 4.06. The summed E-state index contributed by atoms with van der Waals surface area (Å²) >= 11 is 4.06. The summed E-state index contributed by atoms with van der Waals surface area (Å²) in [6.07, 6.45) is 9.02. The highest BCUT2D eigenvalue weighted by Crippen LogP contribution is 2.66. The average molecular weight is 257 g/mol. The molecule has 4 aliphatic rings. The van der Waals surface area contributed by atoms with Crippen molar-refractivity contribution in [3.63, 3.8) is 0 Å². The van der Waals surface area contributed by atoms with Gasteiger partial charge < -0.3 is 0 Å². The Morgan fingerprint density at radius 1 is 1.07 bits per heavy atom. The first-order valence-electron chi connectivity index (χ1n) is 6.20. The van der Waals surface area contributed by atoms with Crippen molar-refractivity contribution in [3.05, 3.63) is 0 Å².